The molecule has 0 unspecified atom stereocenters. The summed E-state index contributed by atoms with van der Waals surface area (Å²) in [6, 6.07) is 9.27. The van der Waals surface area contributed by atoms with Gasteiger partial charge in [0, 0.05) is 31.8 Å². The van der Waals surface area contributed by atoms with Crippen LogP contribution in [0.3, 0.4) is 0 Å². The average Bonchev–Trinajstić information content (AvgIpc) is 3.23. The molecular weight excluding hydrogens is 360 g/mol. The molecule has 8 nitrogen and oxygen atoms in total. The zero-order valence-corrected chi connectivity index (χ0v) is 16.8. The third-order valence-corrected chi connectivity index (χ3v) is 4.01. The van der Waals surface area contributed by atoms with Crippen LogP contribution in [0.1, 0.15) is 18.2 Å². The summed E-state index contributed by atoms with van der Waals surface area (Å²) in [6.45, 7) is 3.60. The molecule has 0 spiro atoms. The second-order valence-corrected chi connectivity index (χ2v) is 6.06. The summed E-state index contributed by atoms with van der Waals surface area (Å²) in [4.78, 5) is 18.4. The van der Waals surface area contributed by atoms with Crippen molar-refractivity contribution >= 4 is 11.9 Å². The van der Waals surface area contributed by atoms with Gasteiger partial charge < -0.3 is 29.4 Å². The van der Waals surface area contributed by atoms with E-state index in [1.165, 1.54) is 0 Å². The van der Waals surface area contributed by atoms with Gasteiger partial charge >= 0.3 is 0 Å². The number of methoxy groups -OCH3 is 2. The molecule has 0 aliphatic rings. The number of nitrogens with one attached hydrogen (secondary N) is 2. The number of hydrogen-bond donors (Lipinski definition) is 2. The number of carbonyl (C=O) groups excluding carboxylic acids is 1. The zero-order valence-electron chi connectivity index (χ0n) is 16.8. The second-order valence-electron chi connectivity index (χ2n) is 6.06. The first kappa shape index (κ1) is 21.1. The van der Waals surface area contributed by atoms with E-state index in [2.05, 4.69) is 15.6 Å². The number of furan rings is 1. The van der Waals surface area contributed by atoms with Gasteiger partial charge in [-0.1, -0.05) is 0 Å². The molecule has 0 fully saturated rings. The molecule has 2 aromatic rings. The molecule has 0 saturated heterocycles. The molecule has 0 aliphatic carbocycles. The SMILES string of the molecule is CCNC(=NCC(=O)NCc1ccco1)N(C)Cc1ccc(OC)cc1OC. The van der Waals surface area contributed by atoms with Crippen molar-refractivity contribution in [1.82, 2.24) is 15.5 Å². The Kier molecular flexibility index (Phi) is 8.20. The molecule has 152 valence electrons. The van der Waals surface area contributed by atoms with E-state index in [0.717, 1.165) is 17.1 Å². The Bertz CT molecular complexity index is 775. The van der Waals surface area contributed by atoms with E-state index in [9.17, 15) is 4.79 Å². The smallest absolute Gasteiger partial charge is 0.242 e. The second kappa shape index (κ2) is 10.9. The van der Waals surface area contributed by atoms with Gasteiger partial charge in [0.2, 0.25) is 5.91 Å². The molecule has 1 amide bonds. The van der Waals surface area contributed by atoms with Crippen molar-refractivity contribution in [3.8, 4) is 11.5 Å². The fraction of sp³-hybridized carbons (Fsp3) is 0.400. The number of carbonyl (C=O) groups is 1. The average molecular weight is 388 g/mol. The molecule has 8 heteroatoms. The molecule has 1 aromatic carbocycles. The monoisotopic (exact) mass is 388 g/mol. The number of aliphatic imine (C=N–C) groups is 1. The van der Waals surface area contributed by atoms with Crippen LogP contribution < -0.4 is 20.1 Å². The predicted octanol–water partition coefficient (Wildman–Crippen LogP) is 2.01. The van der Waals surface area contributed by atoms with Gasteiger partial charge in [0.15, 0.2) is 5.96 Å². The van der Waals surface area contributed by atoms with Crippen LogP contribution in [-0.4, -0.2) is 51.1 Å². The minimum atomic E-state index is -0.178. The molecule has 1 aromatic heterocycles. The zero-order chi connectivity index (χ0) is 20.4. The number of hydrogen-bond acceptors (Lipinski definition) is 5. The Morgan fingerprint density at radius 2 is 2.04 bits per heavy atom. The fourth-order valence-electron chi connectivity index (χ4n) is 2.58. The van der Waals surface area contributed by atoms with Crippen molar-refractivity contribution in [3.05, 3.63) is 47.9 Å². The van der Waals surface area contributed by atoms with Crippen LogP contribution in [-0.2, 0) is 17.9 Å². The number of amides is 1. The maximum atomic E-state index is 12.1. The van der Waals surface area contributed by atoms with Gasteiger partial charge in [-0.3, -0.25) is 4.79 Å². The third-order valence-electron chi connectivity index (χ3n) is 4.01. The largest absolute Gasteiger partial charge is 0.497 e. The number of benzene rings is 1. The number of guanidine groups is 1. The number of rotatable bonds is 9. The molecule has 2 N–H and O–H groups in total. The minimum absolute atomic E-state index is 0.0210. The van der Waals surface area contributed by atoms with Gasteiger partial charge in [0.25, 0.3) is 0 Å². The highest BCUT2D eigenvalue weighted by molar-refractivity contribution is 5.84. The van der Waals surface area contributed by atoms with Crippen molar-refractivity contribution in [2.75, 3.05) is 34.4 Å². The first-order chi connectivity index (χ1) is 13.6. The van der Waals surface area contributed by atoms with Crippen molar-refractivity contribution < 1.29 is 18.7 Å². The van der Waals surface area contributed by atoms with E-state index in [1.54, 1.807) is 26.5 Å². The summed E-state index contributed by atoms with van der Waals surface area (Å²) in [6.07, 6.45) is 1.57. The van der Waals surface area contributed by atoms with Crippen LogP contribution in [0, 0.1) is 0 Å². The molecular formula is C20H28N4O4. The van der Waals surface area contributed by atoms with Crippen molar-refractivity contribution in [2.24, 2.45) is 4.99 Å². The van der Waals surface area contributed by atoms with Crippen LogP contribution in [0.4, 0.5) is 0 Å². The Morgan fingerprint density at radius 1 is 1.21 bits per heavy atom. The maximum Gasteiger partial charge on any atom is 0.242 e. The van der Waals surface area contributed by atoms with Crippen LogP contribution >= 0.6 is 0 Å². The number of nitrogens with zero attached hydrogens (tertiary/aromatic N) is 2. The summed E-state index contributed by atoms with van der Waals surface area (Å²) < 4.78 is 15.9. The predicted molar refractivity (Wildman–Crippen MR) is 108 cm³/mol. The van der Waals surface area contributed by atoms with Crippen LogP contribution in [0.15, 0.2) is 46.0 Å². The topological polar surface area (TPSA) is 88.3 Å². The van der Waals surface area contributed by atoms with Gasteiger partial charge in [-0.2, -0.15) is 0 Å². The minimum Gasteiger partial charge on any atom is -0.497 e. The Labute approximate surface area is 165 Å². The van der Waals surface area contributed by atoms with Crippen molar-refractivity contribution in [3.63, 3.8) is 0 Å². The lowest BCUT2D eigenvalue weighted by Gasteiger charge is -2.23. The van der Waals surface area contributed by atoms with Gasteiger partial charge in [0.05, 0.1) is 27.0 Å². The fourth-order valence-corrected chi connectivity index (χ4v) is 2.58. The molecule has 0 saturated carbocycles. The molecule has 0 aliphatic heterocycles. The highest BCUT2D eigenvalue weighted by Crippen LogP contribution is 2.25. The van der Waals surface area contributed by atoms with Crippen LogP contribution in [0.5, 0.6) is 11.5 Å². The molecule has 0 radical (unpaired) electrons. The van der Waals surface area contributed by atoms with Gasteiger partial charge in [-0.25, -0.2) is 4.99 Å². The maximum absolute atomic E-state index is 12.1. The van der Waals surface area contributed by atoms with Crippen LogP contribution in [0.2, 0.25) is 0 Å². The van der Waals surface area contributed by atoms with Crippen LogP contribution in [0.25, 0.3) is 0 Å². The lowest BCUT2D eigenvalue weighted by molar-refractivity contribution is -0.119. The summed E-state index contributed by atoms with van der Waals surface area (Å²) in [5, 5.41) is 5.98. The van der Waals surface area contributed by atoms with E-state index in [1.807, 2.05) is 43.1 Å². The highest BCUT2D eigenvalue weighted by Gasteiger charge is 2.12. The summed E-state index contributed by atoms with van der Waals surface area (Å²) in [5.41, 5.74) is 0.985. The third kappa shape index (κ3) is 6.22. The lowest BCUT2D eigenvalue weighted by Crippen LogP contribution is -2.39. The Morgan fingerprint density at radius 3 is 2.68 bits per heavy atom. The molecule has 2 rings (SSSR count). The quantitative estimate of drug-likeness (QED) is 0.505. The van der Waals surface area contributed by atoms with Gasteiger partial charge in [0.1, 0.15) is 23.8 Å². The standard InChI is InChI=1S/C20H28N4O4/c1-5-21-20(23-13-19(25)22-12-17-7-6-10-28-17)24(2)14-15-8-9-16(26-3)11-18(15)27-4/h6-11H,5,12-14H2,1-4H3,(H,21,23)(H,22,25). The summed E-state index contributed by atoms with van der Waals surface area (Å²) in [7, 11) is 5.15. The number of ether oxygens (including phenoxy) is 2. The van der Waals surface area contributed by atoms with E-state index < -0.39 is 0 Å². The van der Waals surface area contributed by atoms with E-state index in [-0.39, 0.29) is 12.5 Å². The Balaban J connectivity index is 1.99. The van der Waals surface area contributed by atoms with E-state index in [0.29, 0.717) is 31.4 Å². The highest BCUT2D eigenvalue weighted by atomic mass is 16.5. The summed E-state index contributed by atoms with van der Waals surface area (Å²) in [5.74, 6) is 2.62. The first-order valence-corrected chi connectivity index (χ1v) is 9.06. The first-order valence-electron chi connectivity index (χ1n) is 9.06. The Hall–Kier alpha value is -3.16. The molecule has 28 heavy (non-hydrogen) atoms. The molecule has 0 bridgehead atoms. The molecule has 1 heterocycles. The normalized spacial score (nSPS) is 11.1. The summed E-state index contributed by atoms with van der Waals surface area (Å²) >= 11 is 0. The van der Waals surface area contributed by atoms with Crippen molar-refractivity contribution in [2.45, 2.75) is 20.0 Å². The lowest BCUT2D eigenvalue weighted by atomic mass is 10.2. The van der Waals surface area contributed by atoms with Gasteiger partial charge in [-0.05, 0) is 31.2 Å². The van der Waals surface area contributed by atoms with Crippen molar-refractivity contribution in [1.29, 1.82) is 0 Å². The van der Waals surface area contributed by atoms with E-state index >= 15 is 0 Å². The molecule has 0 atom stereocenters. The van der Waals surface area contributed by atoms with E-state index in [4.69, 9.17) is 13.9 Å². The van der Waals surface area contributed by atoms with Gasteiger partial charge in [-0.15, -0.1) is 0 Å².